The zero-order valence-corrected chi connectivity index (χ0v) is 17.3. The molecule has 1 heterocycles. The summed E-state index contributed by atoms with van der Waals surface area (Å²) in [6, 6.07) is 15.2. The predicted molar refractivity (Wildman–Crippen MR) is 119 cm³/mol. The smallest absolute Gasteiger partial charge is 0.319 e. The molecule has 1 aromatic heterocycles. The number of rotatable bonds is 5. The Labute approximate surface area is 176 Å². The molecule has 1 aliphatic rings. The van der Waals surface area contributed by atoms with Crippen LogP contribution in [0.25, 0.3) is 10.9 Å². The molecule has 0 aliphatic heterocycles. The van der Waals surface area contributed by atoms with Crippen molar-refractivity contribution in [1.82, 2.24) is 15.6 Å². The van der Waals surface area contributed by atoms with Crippen molar-refractivity contribution >= 4 is 28.5 Å². The minimum atomic E-state index is -0.232. The molecular weight excluding hydrogens is 376 g/mol. The summed E-state index contributed by atoms with van der Waals surface area (Å²) in [6.07, 6.45) is 2.87. The predicted octanol–water partition coefficient (Wildman–Crippen LogP) is 4.18. The van der Waals surface area contributed by atoms with Crippen LogP contribution in [-0.4, -0.2) is 23.0 Å². The van der Waals surface area contributed by atoms with Gasteiger partial charge in [0.2, 0.25) is 0 Å². The summed E-state index contributed by atoms with van der Waals surface area (Å²) < 4.78 is 0. The van der Waals surface area contributed by atoms with E-state index in [4.69, 9.17) is 4.98 Å². The van der Waals surface area contributed by atoms with Crippen LogP contribution in [0.3, 0.4) is 0 Å². The molecule has 1 aliphatic carbocycles. The number of amides is 3. The highest BCUT2D eigenvalue weighted by atomic mass is 16.2. The number of fused-ring (bicyclic) bond motifs is 2. The molecule has 2 aromatic carbocycles. The lowest BCUT2D eigenvalue weighted by Crippen LogP contribution is -2.34. The number of aryl methyl sites for hydroxylation is 1. The third kappa shape index (κ3) is 4.27. The molecule has 3 amide bonds. The Bertz CT molecular complexity index is 1090. The molecule has 0 saturated carbocycles. The number of pyridine rings is 1. The van der Waals surface area contributed by atoms with Crippen molar-refractivity contribution in [2.75, 3.05) is 5.32 Å². The normalized spacial score (nSPS) is 12.6. The second kappa shape index (κ2) is 8.53. The number of benzene rings is 2. The quantitative estimate of drug-likeness (QED) is 0.599. The molecule has 4 rings (SSSR count). The second-order valence-electron chi connectivity index (χ2n) is 7.92. The lowest BCUT2D eigenvalue weighted by molar-refractivity contribution is 0.0951. The van der Waals surface area contributed by atoms with Crippen molar-refractivity contribution in [3.05, 3.63) is 70.9 Å². The molecule has 3 N–H and O–H groups in total. The second-order valence-corrected chi connectivity index (χ2v) is 7.92. The first kappa shape index (κ1) is 19.9. The van der Waals surface area contributed by atoms with E-state index in [2.05, 4.69) is 16.0 Å². The molecule has 0 fully saturated rings. The molecule has 3 aromatic rings. The Kier molecular flexibility index (Phi) is 5.65. The maximum absolute atomic E-state index is 13.1. The van der Waals surface area contributed by atoms with Gasteiger partial charge in [-0.3, -0.25) is 9.78 Å². The zero-order chi connectivity index (χ0) is 21.1. The van der Waals surface area contributed by atoms with Gasteiger partial charge in [-0.25, -0.2) is 4.79 Å². The van der Waals surface area contributed by atoms with E-state index in [9.17, 15) is 9.59 Å². The van der Waals surface area contributed by atoms with Crippen LogP contribution in [0.5, 0.6) is 0 Å². The number of carbonyl (C=O) groups is 2. The van der Waals surface area contributed by atoms with Crippen LogP contribution in [0.4, 0.5) is 10.5 Å². The van der Waals surface area contributed by atoms with Gasteiger partial charge in [0.25, 0.3) is 5.91 Å². The van der Waals surface area contributed by atoms with Crippen molar-refractivity contribution in [1.29, 1.82) is 0 Å². The number of carbonyl (C=O) groups excluding carboxylic acids is 2. The van der Waals surface area contributed by atoms with Gasteiger partial charge in [0.05, 0.1) is 11.1 Å². The molecular formula is C24H26N4O2. The topological polar surface area (TPSA) is 83.1 Å². The molecule has 30 heavy (non-hydrogen) atoms. The fourth-order valence-electron chi connectivity index (χ4n) is 3.88. The largest absolute Gasteiger partial charge is 0.348 e. The van der Waals surface area contributed by atoms with Crippen molar-refractivity contribution in [2.45, 2.75) is 45.7 Å². The van der Waals surface area contributed by atoms with E-state index in [-0.39, 0.29) is 18.0 Å². The monoisotopic (exact) mass is 402 g/mol. The fraction of sp³-hybridized carbons (Fsp3) is 0.292. The van der Waals surface area contributed by atoms with Crippen molar-refractivity contribution < 1.29 is 9.59 Å². The first-order valence-corrected chi connectivity index (χ1v) is 10.4. The zero-order valence-electron chi connectivity index (χ0n) is 17.3. The van der Waals surface area contributed by atoms with Gasteiger partial charge >= 0.3 is 6.03 Å². The summed E-state index contributed by atoms with van der Waals surface area (Å²) in [5.74, 6) is -0.0646. The van der Waals surface area contributed by atoms with Crippen LogP contribution >= 0.6 is 0 Å². The molecule has 0 bridgehead atoms. The van der Waals surface area contributed by atoms with Crippen LogP contribution in [0.15, 0.2) is 48.5 Å². The van der Waals surface area contributed by atoms with Crippen molar-refractivity contribution in [3.8, 4) is 0 Å². The van der Waals surface area contributed by atoms with Crippen LogP contribution < -0.4 is 16.0 Å². The van der Waals surface area contributed by atoms with Gasteiger partial charge in [0, 0.05) is 29.4 Å². The minimum Gasteiger partial charge on any atom is -0.348 e. The number of nitrogens with one attached hydrogen (secondary N) is 3. The molecule has 0 spiro atoms. The Morgan fingerprint density at radius 1 is 1.03 bits per heavy atom. The Balaban J connectivity index is 1.46. The summed E-state index contributed by atoms with van der Waals surface area (Å²) in [6.45, 7) is 4.24. The van der Waals surface area contributed by atoms with Crippen molar-refractivity contribution in [2.24, 2.45) is 0 Å². The van der Waals surface area contributed by atoms with E-state index in [1.54, 1.807) is 0 Å². The van der Waals surface area contributed by atoms with Crippen molar-refractivity contribution in [3.63, 3.8) is 0 Å². The molecule has 0 saturated heterocycles. The minimum absolute atomic E-state index is 0.0646. The van der Waals surface area contributed by atoms with Crippen LogP contribution in [0.2, 0.25) is 0 Å². The highest BCUT2D eigenvalue weighted by molar-refractivity contribution is 6.07. The molecule has 6 heteroatoms. The van der Waals surface area contributed by atoms with E-state index in [0.29, 0.717) is 12.2 Å². The number of urea groups is 1. The van der Waals surface area contributed by atoms with E-state index in [0.717, 1.165) is 52.5 Å². The third-order valence-corrected chi connectivity index (χ3v) is 5.23. The van der Waals surface area contributed by atoms with Crippen LogP contribution in [0.1, 0.15) is 47.4 Å². The van der Waals surface area contributed by atoms with E-state index >= 15 is 0 Å². The molecule has 0 atom stereocenters. The highest BCUT2D eigenvalue weighted by Crippen LogP contribution is 2.29. The summed E-state index contributed by atoms with van der Waals surface area (Å²) in [5.41, 5.74) is 5.44. The van der Waals surface area contributed by atoms with Gasteiger partial charge in [-0.1, -0.05) is 30.3 Å². The number of hydrogen-bond acceptors (Lipinski definition) is 3. The van der Waals surface area contributed by atoms with E-state index in [1.807, 2.05) is 62.4 Å². The van der Waals surface area contributed by atoms with Crippen LogP contribution in [0, 0.1) is 0 Å². The fourth-order valence-corrected chi connectivity index (χ4v) is 3.88. The Hall–Kier alpha value is -3.41. The molecule has 154 valence electrons. The lowest BCUT2D eigenvalue weighted by atomic mass is 10.0. The third-order valence-electron chi connectivity index (χ3n) is 5.23. The molecule has 0 radical (unpaired) electrons. The summed E-state index contributed by atoms with van der Waals surface area (Å²) in [4.78, 5) is 29.6. The highest BCUT2D eigenvalue weighted by Gasteiger charge is 2.23. The first-order valence-electron chi connectivity index (χ1n) is 10.4. The average molecular weight is 402 g/mol. The number of para-hydroxylation sites is 1. The van der Waals surface area contributed by atoms with Gasteiger partial charge in [-0.05, 0) is 62.4 Å². The average Bonchev–Trinajstić information content (AvgIpc) is 3.18. The summed E-state index contributed by atoms with van der Waals surface area (Å²) >= 11 is 0. The van der Waals surface area contributed by atoms with Gasteiger partial charge in [-0.2, -0.15) is 0 Å². The van der Waals surface area contributed by atoms with E-state index in [1.165, 1.54) is 0 Å². The number of hydrogen-bond donors (Lipinski definition) is 3. The Morgan fingerprint density at radius 2 is 1.80 bits per heavy atom. The molecule has 6 nitrogen and oxygen atoms in total. The maximum atomic E-state index is 13.1. The number of aromatic nitrogens is 1. The van der Waals surface area contributed by atoms with Gasteiger partial charge < -0.3 is 16.0 Å². The molecule has 0 unspecified atom stereocenters. The maximum Gasteiger partial charge on any atom is 0.319 e. The lowest BCUT2D eigenvalue weighted by Gasteiger charge is -2.13. The van der Waals surface area contributed by atoms with Crippen LogP contribution in [-0.2, 0) is 19.4 Å². The van der Waals surface area contributed by atoms with Gasteiger partial charge in [-0.15, -0.1) is 0 Å². The first-order chi connectivity index (χ1) is 14.5. The van der Waals surface area contributed by atoms with Gasteiger partial charge in [0.15, 0.2) is 0 Å². The summed E-state index contributed by atoms with van der Waals surface area (Å²) in [5, 5.41) is 9.55. The van der Waals surface area contributed by atoms with Gasteiger partial charge in [0.1, 0.15) is 0 Å². The Morgan fingerprint density at radius 3 is 2.57 bits per heavy atom. The number of anilines is 1. The summed E-state index contributed by atoms with van der Waals surface area (Å²) in [7, 11) is 0. The standard InChI is InChI=1S/C24H26N4O2/c1-15(2)26-24(30)27-17-12-10-16(11-13-17)14-25-23(29)22-18-6-3-4-8-20(18)28-21-9-5-7-19(21)22/h3-4,6,8,10-13,15H,5,7,9,14H2,1-2H3,(H,25,29)(H2,26,27,30). The number of nitrogens with zero attached hydrogens (tertiary/aromatic N) is 1. The SMILES string of the molecule is CC(C)NC(=O)Nc1ccc(CNC(=O)c2c3c(nc4ccccc24)CCC3)cc1. The van der Waals surface area contributed by atoms with E-state index < -0.39 is 0 Å².